The Morgan fingerprint density at radius 2 is 2.15 bits per heavy atom. The predicted octanol–water partition coefficient (Wildman–Crippen LogP) is 2.42. The Kier molecular flexibility index (Phi) is 4.50. The van der Waals surface area contributed by atoms with Gasteiger partial charge in [0, 0.05) is 35.8 Å². The van der Waals surface area contributed by atoms with Gasteiger partial charge in [0.15, 0.2) is 0 Å². The van der Waals surface area contributed by atoms with Gasteiger partial charge in [-0.2, -0.15) is 0 Å². The third-order valence-electron chi connectivity index (χ3n) is 4.59. The van der Waals surface area contributed by atoms with Gasteiger partial charge in [-0.05, 0) is 19.1 Å². The summed E-state index contributed by atoms with van der Waals surface area (Å²) in [6.45, 7) is 5.58. The molecule has 0 radical (unpaired) electrons. The number of amides is 1. The Bertz CT molecular complexity index is 969. The lowest BCUT2D eigenvalue weighted by molar-refractivity contribution is 0.1000. The number of aliphatic hydroxyl groups is 1. The number of ether oxygens (including phenoxy) is 1. The third-order valence-corrected chi connectivity index (χ3v) is 4.59. The van der Waals surface area contributed by atoms with Crippen molar-refractivity contribution in [1.82, 2.24) is 9.55 Å². The minimum atomic E-state index is -0.670. The fourth-order valence-electron chi connectivity index (χ4n) is 3.14. The molecule has 2 aromatic heterocycles. The summed E-state index contributed by atoms with van der Waals surface area (Å²) in [4.78, 5) is 16.3. The van der Waals surface area contributed by atoms with Crippen LogP contribution in [-0.2, 0) is 19.1 Å². The molecule has 0 atom stereocenters. The van der Waals surface area contributed by atoms with E-state index in [0.29, 0.717) is 33.6 Å². The van der Waals surface area contributed by atoms with Crippen LogP contribution in [0.2, 0.25) is 0 Å². The van der Waals surface area contributed by atoms with Crippen molar-refractivity contribution in [2.45, 2.75) is 32.8 Å². The van der Waals surface area contributed by atoms with E-state index < -0.39 is 11.3 Å². The number of carbonyl (C=O) groups is 1. The highest BCUT2D eigenvalue weighted by Crippen LogP contribution is 2.41. The second-order valence-corrected chi connectivity index (χ2v) is 6.99. The van der Waals surface area contributed by atoms with Crippen LogP contribution in [0.4, 0.5) is 0 Å². The fraction of sp³-hybridized carbons (Fsp3) is 0.368. The molecular formula is C19H23N3O4. The summed E-state index contributed by atoms with van der Waals surface area (Å²) in [6.07, 6.45) is 3.54. The molecule has 7 heteroatoms. The van der Waals surface area contributed by atoms with E-state index in [1.54, 1.807) is 25.3 Å². The summed E-state index contributed by atoms with van der Waals surface area (Å²) >= 11 is 0. The molecule has 3 N–H and O–H groups in total. The number of aromatic nitrogens is 2. The van der Waals surface area contributed by atoms with Gasteiger partial charge in [-0.15, -0.1) is 0 Å². The summed E-state index contributed by atoms with van der Waals surface area (Å²) in [7, 11) is 1.89. The molecule has 0 aliphatic heterocycles. The van der Waals surface area contributed by atoms with E-state index in [-0.39, 0.29) is 13.2 Å². The van der Waals surface area contributed by atoms with Crippen LogP contribution in [0.3, 0.4) is 0 Å². The van der Waals surface area contributed by atoms with Gasteiger partial charge < -0.3 is 24.6 Å². The zero-order chi connectivity index (χ0) is 19.1. The van der Waals surface area contributed by atoms with Crippen molar-refractivity contribution in [3.8, 4) is 5.75 Å². The standard InChI is InChI=1S/C19H23N3O4/c1-11-15(18(20)24)16-12(26-11)5-6-13(17(16)19(2,3)10-23)25-9-14-21-7-8-22(14)4/h5-8,23H,9-10H2,1-4H3,(H2,20,24). The van der Waals surface area contributed by atoms with Crippen LogP contribution >= 0.6 is 0 Å². The molecule has 138 valence electrons. The first kappa shape index (κ1) is 18.0. The predicted molar refractivity (Wildman–Crippen MR) is 97.1 cm³/mol. The number of fused-ring (bicyclic) bond motifs is 1. The van der Waals surface area contributed by atoms with Gasteiger partial charge in [-0.25, -0.2) is 4.98 Å². The Morgan fingerprint density at radius 1 is 1.42 bits per heavy atom. The van der Waals surface area contributed by atoms with Gasteiger partial charge in [0.25, 0.3) is 5.91 Å². The average molecular weight is 357 g/mol. The molecule has 0 saturated carbocycles. The fourth-order valence-corrected chi connectivity index (χ4v) is 3.14. The van der Waals surface area contributed by atoms with Crippen LogP contribution in [0.25, 0.3) is 11.0 Å². The molecule has 2 heterocycles. The second kappa shape index (κ2) is 6.49. The summed E-state index contributed by atoms with van der Waals surface area (Å²) in [5, 5.41) is 10.5. The maximum atomic E-state index is 12.0. The van der Waals surface area contributed by atoms with E-state index in [4.69, 9.17) is 14.9 Å². The van der Waals surface area contributed by atoms with Crippen LogP contribution in [0, 0.1) is 6.92 Å². The Hall–Kier alpha value is -2.80. The number of benzene rings is 1. The average Bonchev–Trinajstić information content (AvgIpc) is 3.14. The summed E-state index contributed by atoms with van der Waals surface area (Å²) in [6, 6.07) is 3.53. The van der Waals surface area contributed by atoms with Gasteiger partial charge in [0.05, 0.1) is 12.2 Å². The highest BCUT2D eigenvalue weighted by molar-refractivity contribution is 6.08. The molecule has 0 aliphatic rings. The molecule has 0 fully saturated rings. The maximum absolute atomic E-state index is 12.0. The van der Waals surface area contributed by atoms with Crippen LogP contribution in [-0.4, -0.2) is 27.2 Å². The molecule has 3 rings (SSSR count). The molecular weight excluding hydrogens is 334 g/mol. The van der Waals surface area contributed by atoms with Crippen molar-refractivity contribution in [2.75, 3.05) is 6.61 Å². The van der Waals surface area contributed by atoms with Crippen molar-refractivity contribution in [1.29, 1.82) is 0 Å². The molecule has 1 amide bonds. The van der Waals surface area contributed by atoms with E-state index in [9.17, 15) is 9.90 Å². The highest BCUT2D eigenvalue weighted by Gasteiger charge is 2.31. The molecule has 0 spiro atoms. The Labute approximate surface area is 151 Å². The number of furan rings is 1. The Morgan fingerprint density at radius 3 is 2.73 bits per heavy atom. The lowest BCUT2D eigenvalue weighted by Gasteiger charge is -2.26. The smallest absolute Gasteiger partial charge is 0.252 e. The number of aryl methyl sites for hydroxylation is 2. The van der Waals surface area contributed by atoms with E-state index in [0.717, 1.165) is 5.82 Å². The quantitative estimate of drug-likeness (QED) is 0.705. The van der Waals surface area contributed by atoms with Crippen LogP contribution in [0.1, 0.15) is 41.4 Å². The van der Waals surface area contributed by atoms with Crippen LogP contribution in [0.5, 0.6) is 5.75 Å². The third kappa shape index (κ3) is 2.94. The maximum Gasteiger partial charge on any atom is 0.252 e. The minimum absolute atomic E-state index is 0.132. The number of carbonyl (C=O) groups excluding carboxylic acids is 1. The number of rotatable bonds is 6. The molecule has 0 bridgehead atoms. The lowest BCUT2D eigenvalue weighted by Crippen LogP contribution is -2.24. The van der Waals surface area contributed by atoms with Gasteiger partial charge in [0.2, 0.25) is 0 Å². The summed E-state index contributed by atoms with van der Waals surface area (Å²) < 4.78 is 13.6. The normalized spacial score (nSPS) is 11.9. The van der Waals surface area contributed by atoms with E-state index >= 15 is 0 Å². The SMILES string of the molecule is Cc1oc2ccc(OCc3nccn3C)c(C(C)(C)CO)c2c1C(N)=O. The first-order valence-corrected chi connectivity index (χ1v) is 8.32. The van der Waals surface area contributed by atoms with Crippen molar-refractivity contribution in [3.05, 3.63) is 47.2 Å². The van der Waals surface area contributed by atoms with E-state index in [1.165, 1.54) is 0 Å². The molecule has 0 saturated heterocycles. The monoisotopic (exact) mass is 357 g/mol. The van der Waals surface area contributed by atoms with Gasteiger partial charge in [-0.3, -0.25) is 4.79 Å². The zero-order valence-electron chi connectivity index (χ0n) is 15.4. The summed E-state index contributed by atoms with van der Waals surface area (Å²) in [5.74, 6) is 1.19. The first-order valence-electron chi connectivity index (χ1n) is 8.32. The number of imidazole rings is 1. The molecule has 3 aromatic rings. The van der Waals surface area contributed by atoms with Gasteiger partial charge >= 0.3 is 0 Å². The van der Waals surface area contributed by atoms with Crippen molar-refractivity contribution in [2.24, 2.45) is 12.8 Å². The van der Waals surface area contributed by atoms with Gasteiger partial charge in [0.1, 0.15) is 29.5 Å². The minimum Gasteiger partial charge on any atom is -0.485 e. The Balaban J connectivity index is 2.19. The van der Waals surface area contributed by atoms with Crippen molar-refractivity contribution >= 4 is 16.9 Å². The highest BCUT2D eigenvalue weighted by atomic mass is 16.5. The van der Waals surface area contributed by atoms with Crippen molar-refractivity contribution < 1.29 is 19.1 Å². The second-order valence-electron chi connectivity index (χ2n) is 6.99. The number of nitrogens with two attached hydrogens (primary N) is 1. The molecule has 0 aliphatic carbocycles. The topological polar surface area (TPSA) is 104 Å². The van der Waals surface area contributed by atoms with Gasteiger partial charge in [-0.1, -0.05) is 13.8 Å². The largest absolute Gasteiger partial charge is 0.485 e. The molecule has 26 heavy (non-hydrogen) atoms. The number of primary amides is 1. The number of nitrogens with zero attached hydrogens (tertiary/aromatic N) is 2. The lowest BCUT2D eigenvalue weighted by atomic mass is 9.81. The number of hydrogen-bond acceptors (Lipinski definition) is 5. The zero-order valence-corrected chi connectivity index (χ0v) is 15.4. The summed E-state index contributed by atoms with van der Waals surface area (Å²) in [5.41, 5.74) is 6.46. The van der Waals surface area contributed by atoms with E-state index in [2.05, 4.69) is 4.98 Å². The first-order chi connectivity index (χ1) is 12.3. The molecule has 7 nitrogen and oxygen atoms in total. The van der Waals surface area contributed by atoms with Crippen LogP contribution < -0.4 is 10.5 Å². The number of hydrogen-bond donors (Lipinski definition) is 2. The molecule has 0 unspecified atom stereocenters. The van der Waals surface area contributed by atoms with Crippen molar-refractivity contribution in [3.63, 3.8) is 0 Å². The number of aliphatic hydroxyl groups excluding tert-OH is 1. The van der Waals surface area contributed by atoms with E-state index in [1.807, 2.05) is 31.7 Å². The molecule has 1 aromatic carbocycles. The van der Waals surface area contributed by atoms with Crippen LogP contribution in [0.15, 0.2) is 28.9 Å².